The summed E-state index contributed by atoms with van der Waals surface area (Å²) < 4.78 is 27.5. The number of carbonyl (C=O) groups excluding carboxylic acids is 2. The first-order valence-electron chi connectivity index (χ1n) is 15.5. The third-order valence-electron chi connectivity index (χ3n) is 11.1. The number of nitrogens with one attached hydrogen (secondary N) is 1. The summed E-state index contributed by atoms with van der Waals surface area (Å²) in [7, 11) is 0. The Balaban J connectivity index is 1.31. The van der Waals surface area contributed by atoms with E-state index in [-0.39, 0.29) is 40.6 Å². The van der Waals surface area contributed by atoms with Gasteiger partial charge in [0.1, 0.15) is 17.7 Å². The molecule has 0 unspecified atom stereocenters. The Morgan fingerprint density at radius 3 is 2.61 bits per heavy atom. The number of hydrogen-bond acceptors (Lipinski definition) is 6. The number of ketones is 1. The van der Waals surface area contributed by atoms with Gasteiger partial charge in [-0.2, -0.15) is 0 Å². The predicted molar refractivity (Wildman–Crippen MR) is 164 cm³/mol. The predicted octanol–water partition coefficient (Wildman–Crippen LogP) is 8.22. The van der Waals surface area contributed by atoms with Gasteiger partial charge in [0.2, 0.25) is 18.2 Å². The standard InChI is InChI=1S/C34H36Cl2FN3O4/c1-32(2)10-12-33(13-11-32)16-22(26(41)14-19-6-9-27(43-17-19)30-40-38-18-44-30)28(21-4-3-5-24(36)29(21)37)34(33)23-8-7-20(35)15-25(23)39-31(34)42/h3-5,7-8,15,18-19,22,27-28H,6,9-14,16-17H2,1-2H3,(H,39,42)/t19-,22-,27-,28-,34+/m0/s1. The summed E-state index contributed by atoms with van der Waals surface area (Å²) in [4.78, 5) is 29.2. The smallest absolute Gasteiger partial charge is 0.244 e. The lowest BCUT2D eigenvalue weighted by Crippen LogP contribution is -2.52. The molecule has 232 valence electrons. The van der Waals surface area contributed by atoms with E-state index >= 15 is 4.39 Å². The number of fused-ring (bicyclic) bond motifs is 3. The number of rotatable bonds is 5. The van der Waals surface area contributed by atoms with Gasteiger partial charge < -0.3 is 14.5 Å². The summed E-state index contributed by atoms with van der Waals surface area (Å²) in [5, 5.41) is 11.3. The molecule has 2 aromatic carbocycles. The summed E-state index contributed by atoms with van der Waals surface area (Å²) in [6.07, 6.45) is 6.54. The van der Waals surface area contributed by atoms with E-state index in [4.69, 9.17) is 32.4 Å². The molecule has 1 amide bonds. The Labute approximate surface area is 266 Å². The molecule has 1 N–H and O–H groups in total. The fraction of sp³-hybridized carbons (Fsp3) is 0.529. The molecular weight excluding hydrogens is 604 g/mol. The van der Waals surface area contributed by atoms with E-state index in [0.29, 0.717) is 41.6 Å². The van der Waals surface area contributed by atoms with Crippen LogP contribution in [0.1, 0.15) is 94.3 Å². The first kappa shape index (κ1) is 29.9. The molecule has 2 aliphatic carbocycles. The van der Waals surface area contributed by atoms with Crippen molar-refractivity contribution < 1.29 is 23.1 Å². The number of hydrogen-bond donors (Lipinski definition) is 1. The second-order valence-electron chi connectivity index (χ2n) is 14.0. The Hall–Kier alpha value is -2.81. The van der Waals surface area contributed by atoms with Crippen LogP contribution in [0.15, 0.2) is 47.2 Å². The number of ether oxygens (including phenoxy) is 1. The van der Waals surface area contributed by atoms with Crippen molar-refractivity contribution >= 4 is 40.6 Å². The highest BCUT2D eigenvalue weighted by atomic mass is 35.5. The molecule has 2 aliphatic heterocycles. The number of carbonyl (C=O) groups is 2. The summed E-state index contributed by atoms with van der Waals surface area (Å²) in [5.74, 6) is -1.58. The summed E-state index contributed by atoms with van der Waals surface area (Å²) in [5.41, 5.74) is 0.179. The molecule has 3 aromatic rings. The molecule has 5 atom stereocenters. The van der Waals surface area contributed by atoms with Crippen LogP contribution < -0.4 is 5.32 Å². The van der Waals surface area contributed by atoms with Gasteiger partial charge >= 0.3 is 0 Å². The topological polar surface area (TPSA) is 94.3 Å². The van der Waals surface area contributed by atoms with E-state index in [9.17, 15) is 9.59 Å². The first-order chi connectivity index (χ1) is 21.0. The van der Waals surface area contributed by atoms with Crippen LogP contribution in [-0.4, -0.2) is 28.5 Å². The van der Waals surface area contributed by atoms with Gasteiger partial charge in [0.25, 0.3) is 0 Å². The van der Waals surface area contributed by atoms with Crippen LogP contribution in [0.2, 0.25) is 10.0 Å². The van der Waals surface area contributed by atoms with Gasteiger partial charge in [0, 0.05) is 29.0 Å². The maximum absolute atomic E-state index is 16.2. The monoisotopic (exact) mass is 639 g/mol. The molecule has 44 heavy (non-hydrogen) atoms. The molecule has 3 fully saturated rings. The van der Waals surface area contributed by atoms with Crippen molar-refractivity contribution in [2.45, 2.75) is 82.7 Å². The minimum Gasteiger partial charge on any atom is -0.425 e. The Kier molecular flexibility index (Phi) is 7.41. The van der Waals surface area contributed by atoms with Crippen LogP contribution in [0, 0.1) is 28.5 Å². The highest BCUT2D eigenvalue weighted by molar-refractivity contribution is 6.31. The first-order valence-corrected chi connectivity index (χ1v) is 16.3. The lowest BCUT2D eigenvalue weighted by Gasteiger charge is -2.51. The number of nitrogens with zero attached hydrogens (tertiary/aromatic N) is 2. The number of amides is 1. The molecule has 0 bridgehead atoms. The Bertz CT molecular complexity index is 1590. The zero-order valence-corrected chi connectivity index (χ0v) is 26.4. The molecule has 2 spiro atoms. The van der Waals surface area contributed by atoms with E-state index in [0.717, 1.165) is 37.7 Å². The van der Waals surface area contributed by atoms with Gasteiger partial charge in [0.05, 0.1) is 17.0 Å². The number of halogens is 3. The highest BCUT2D eigenvalue weighted by Gasteiger charge is 2.72. The number of benzene rings is 2. The molecule has 1 aromatic heterocycles. The van der Waals surface area contributed by atoms with Crippen molar-refractivity contribution in [3.8, 4) is 0 Å². The van der Waals surface area contributed by atoms with Gasteiger partial charge in [0.15, 0.2) is 0 Å². The van der Waals surface area contributed by atoms with Crippen LogP contribution in [0.4, 0.5) is 10.1 Å². The number of anilines is 1. The molecule has 7 nitrogen and oxygen atoms in total. The SMILES string of the molecule is CC1(C)CCC2(CC1)C[C@@H](C(=O)C[C@@H]1CC[C@@H](c3nnco3)OC1)[C@H](c1cccc(Cl)c1F)[C@]21C(=O)Nc2cc(Cl)ccc21. The van der Waals surface area contributed by atoms with Crippen molar-refractivity contribution in [2.75, 3.05) is 11.9 Å². The highest BCUT2D eigenvalue weighted by Crippen LogP contribution is 2.72. The fourth-order valence-electron chi connectivity index (χ4n) is 8.91. The lowest BCUT2D eigenvalue weighted by atomic mass is 9.51. The zero-order chi connectivity index (χ0) is 30.9. The second-order valence-corrected chi connectivity index (χ2v) is 14.9. The van der Waals surface area contributed by atoms with Crippen LogP contribution in [-0.2, 0) is 19.7 Å². The van der Waals surface area contributed by atoms with Gasteiger partial charge in [-0.15, -0.1) is 10.2 Å². The molecule has 10 heteroatoms. The molecular formula is C34H36Cl2FN3O4. The number of aromatic nitrogens is 2. The summed E-state index contributed by atoms with van der Waals surface area (Å²) in [6.45, 7) is 4.89. The Morgan fingerprint density at radius 2 is 1.91 bits per heavy atom. The van der Waals surface area contributed by atoms with Gasteiger partial charge in [-0.1, -0.05) is 55.2 Å². The molecule has 4 aliphatic rings. The quantitative estimate of drug-likeness (QED) is 0.302. The van der Waals surface area contributed by atoms with Gasteiger partial charge in [-0.3, -0.25) is 9.59 Å². The van der Waals surface area contributed by atoms with E-state index in [1.54, 1.807) is 24.3 Å². The number of Topliss-reactive ketones (excluding diaryl/α,β-unsaturated/α-hetero) is 1. The van der Waals surface area contributed by atoms with Gasteiger partial charge in [-0.25, -0.2) is 4.39 Å². The molecule has 7 rings (SSSR count). The third-order valence-corrected chi connectivity index (χ3v) is 11.7. The maximum atomic E-state index is 16.2. The fourth-order valence-corrected chi connectivity index (χ4v) is 9.26. The van der Waals surface area contributed by atoms with Crippen LogP contribution in [0.25, 0.3) is 0 Å². The summed E-state index contributed by atoms with van der Waals surface area (Å²) >= 11 is 12.8. The average molecular weight is 641 g/mol. The van der Waals surface area contributed by atoms with Crippen molar-refractivity contribution in [1.29, 1.82) is 0 Å². The minimum atomic E-state index is -1.15. The maximum Gasteiger partial charge on any atom is 0.244 e. The van der Waals surface area contributed by atoms with Crippen molar-refractivity contribution in [3.63, 3.8) is 0 Å². The van der Waals surface area contributed by atoms with E-state index in [1.807, 2.05) is 6.07 Å². The van der Waals surface area contributed by atoms with Crippen LogP contribution in [0.5, 0.6) is 0 Å². The van der Waals surface area contributed by atoms with E-state index in [1.165, 1.54) is 12.5 Å². The largest absolute Gasteiger partial charge is 0.425 e. The second kappa shape index (κ2) is 10.9. The van der Waals surface area contributed by atoms with E-state index in [2.05, 4.69) is 29.4 Å². The molecule has 2 saturated carbocycles. The summed E-state index contributed by atoms with van der Waals surface area (Å²) in [6, 6.07) is 10.4. The molecule has 0 radical (unpaired) electrons. The van der Waals surface area contributed by atoms with E-state index < -0.39 is 28.5 Å². The third kappa shape index (κ3) is 4.62. The normalized spacial score (nSPS) is 30.4. The lowest BCUT2D eigenvalue weighted by molar-refractivity contribution is -0.127. The van der Waals surface area contributed by atoms with Crippen molar-refractivity contribution in [1.82, 2.24) is 10.2 Å². The van der Waals surface area contributed by atoms with Crippen LogP contribution >= 0.6 is 23.2 Å². The van der Waals surface area contributed by atoms with Crippen LogP contribution in [0.3, 0.4) is 0 Å². The molecule has 3 heterocycles. The molecule has 1 saturated heterocycles. The zero-order valence-electron chi connectivity index (χ0n) is 24.9. The minimum absolute atomic E-state index is 0.00665. The Morgan fingerprint density at radius 1 is 1.11 bits per heavy atom. The average Bonchev–Trinajstić information content (AvgIpc) is 3.70. The van der Waals surface area contributed by atoms with Gasteiger partial charge in [-0.05, 0) is 91.0 Å². The van der Waals surface area contributed by atoms with Crippen molar-refractivity contribution in [2.24, 2.45) is 22.7 Å². The van der Waals surface area contributed by atoms with Crippen molar-refractivity contribution in [3.05, 3.63) is 75.7 Å².